The summed E-state index contributed by atoms with van der Waals surface area (Å²) >= 11 is 0. The molecule has 1 saturated heterocycles. The van der Waals surface area contributed by atoms with Gasteiger partial charge >= 0.3 is 5.97 Å². The molecule has 1 aromatic carbocycles. The summed E-state index contributed by atoms with van der Waals surface area (Å²) in [4.78, 5) is 22.7. The average molecular weight is 320 g/mol. The Labute approximate surface area is 133 Å². The van der Waals surface area contributed by atoms with Crippen LogP contribution in [0, 0.1) is 5.41 Å². The van der Waals surface area contributed by atoms with Gasteiger partial charge in [0.05, 0.1) is 6.04 Å². The molecule has 0 aliphatic carbocycles. The third kappa shape index (κ3) is 4.43. The molecule has 0 unspecified atom stereocenters. The van der Waals surface area contributed by atoms with Crippen LogP contribution in [0.3, 0.4) is 0 Å². The van der Waals surface area contributed by atoms with Gasteiger partial charge in [-0.05, 0) is 19.1 Å². The zero-order chi connectivity index (χ0) is 17.0. The fraction of sp³-hybridized carbons (Fsp3) is 0.400. The molecule has 1 aliphatic heterocycles. The van der Waals surface area contributed by atoms with E-state index in [0.29, 0.717) is 24.3 Å². The predicted octanol–water partition coefficient (Wildman–Crippen LogP) is -0.331. The summed E-state index contributed by atoms with van der Waals surface area (Å²) in [5.74, 6) is -0.905. The summed E-state index contributed by atoms with van der Waals surface area (Å²) in [5.41, 5.74) is 6.01. The van der Waals surface area contributed by atoms with E-state index in [4.69, 9.17) is 21.0 Å². The molecule has 1 fully saturated rings. The lowest BCUT2D eigenvalue weighted by Crippen LogP contribution is -2.46. The van der Waals surface area contributed by atoms with Gasteiger partial charge in [-0.3, -0.25) is 15.0 Å². The number of amidine groups is 1. The first kappa shape index (κ1) is 16.8. The van der Waals surface area contributed by atoms with Crippen molar-refractivity contribution in [1.82, 2.24) is 10.6 Å². The molecule has 0 saturated carbocycles. The maximum absolute atomic E-state index is 12.0. The molecule has 23 heavy (non-hydrogen) atoms. The van der Waals surface area contributed by atoms with Crippen LogP contribution in [0.1, 0.15) is 18.9 Å². The van der Waals surface area contributed by atoms with Gasteiger partial charge in [0.1, 0.15) is 23.7 Å². The molecule has 8 nitrogen and oxygen atoms in total. The van der Waals surface area contributed by atoms with Crippen molar-refractivity contribution in [3.05, 3.63) is 29.8 Å². The van der Waals surface area contributed by atoms with E-state index in [0.717, 1.165) is 0 Å². The van der Waals surface area contributed by atoms with Crippen LogP contribution in [0.25, 0.3) is 0 Å². The number of hydrogen-bond donors (Lipinski definition) is 5. The second kappa shape index (κ2) is 7.10. The number of aliphatic carboxylic acids is 1. The van der Waals surface area contributed by atoms with Gasteiger partial charge in [-0.15, -0.1) is 0 Å². The van der Waals surface area contributed by atoms with E-state index < -0.39 is 18.1 Å². The quantitative estimate of drug-likeness (QED) is 0.359. The lowest BCUT2D eigenvalue weighted by molar-refractivity contribution is -0.141. The van der Waals surface area contributed by atoms with Gasteiger partial charge in [0.15, 0.2) is 0 Å². The number of nitrogen functional groups attached to an aromatic ring is 1. The first-order valence-electron chi connectivity index (χ1n) is 7.24. The van der Waals surface area contributed by atoms with E-state index in [2.05, 4.69) is 10.6 Å². The number of nitrogens with two attached hydrogens (primary N) is 1. The zero-order valence-electron chi connectivity index (χ0n) is 12.7. The van der Waals surface area contributed by atoms with Gasteiger partial charge in [0.25, 0.3) is 0 Å². The van der Waals surface area contributed by atoms with Crippen molar-refractivity contribution in [2.24, 2.45) is 5.73 Å². The van der Waals surface area contributed by atoms with Crippen LogP contribution in [0.15, 0.2) is 24.3 Å². The fourth-order valence-electron chi connectivity index (χ4n) is 2.30. The molecule has 0 bridgehead atoms. The Morgan fingerprint density at radius 1 is 1.52 bits per heavy atom. The number of carbonyl (C=O) groups is 2. The van der Waals surface area contributed by atoms with Crippen LogP contribution in [-0.4, -0.2) is 47.6 Å². The van der Waals surface area contributed by atoms with Crippen LogP contribution >= 0.6 is 0 Å². The molecule has 1 aliphatic rings. The Balaban J connectivity index is 1.90. The van der Waals surface area contributed by atoms with E-state index in [-0.39, 0.29) is 17.8 Å². The maximum atomic E-state index is 12.0. The van der Waals surface area contributed by atoms with E-state index in [1.54, 1.807) is 24.3 Å². The first-order valence-corrected chi connectivity index (χ1v) is 7.24. The first-order chi connectivity index (χ1) is 10.9. The highest BCUT2D eigenvalue weighted by Gasteiger charge is 2.32. The van der Waals surface area contributed by atoms with Crippen molar-refractivity contribution in [2.75, 3.05) is 6.54 Å². The molecule has 1 heterocycles. The molecule has 8 heteroatoms. The van der Waals surface area contributed by atoms with Crippen molar-refractivity contribution in [3.63, 3.8) is 0 Å². The smallest absolute Gasteiger partial charge is 0.325 e. The molecule has 1 aromatic rings. The zero-order valence-corrected chi connectivity index (χ0v) is 12.7. The summed E-state index contributed by atoms with van der Waals surface area (Å²) in [5, 5.41) is 21.7. The molecule has 1 amide bonds. The normalized spacial score (nSPS) is 21.4. The van der Waals surface area contributed by atoms with E-state index >= 15 is 0 Å². The number of rotatable bonds is 6. The molecular weight excluding hydrogens is 300 g/mol. The topological polar surface area (TPSA) is 138 Å². The van der Waals surface area contributed by atoms with Crippen molar-refractivity contribution < 1.29 is 19.4 Å². The van der Waals surface area contributed by atoms with Crippen LogP contribution in [0.2, 0.25) is 0 Å². The molecule has 0 radical (unpaired) electrons. The van der Waals surface area contributed by atoms with Gasteiger partial charge in [-0.2, -0.15) is 0 Å². The maximum Gasteiger partial charge on any atom is 0.325 e. The van der Waals surface area contributed by atoms with Crippen LogP contribution in [0.4, 0.5) is 0 Å². The highest BCUT2D eigenvalue weighted by Crippen LogP contribution is 2.19. The predicted molar refractivity (Wildman–Crippen MR) is 83.5 cm³/mol. The number of ether oxygens (including phenoxy) is 1. The number of carbonyl (C=O) groups excluding carboxylic acids is 1. The molecule has 0 spiro atoms. The summed E-state index contributed by atoms with van der Waals surface area (Å²) in [6, 6.07) is 5.46. The Kier molecular flexibility index (Phi) is 5.17. The Morgan fingerprint density at radius 2 is 2.26 bits per heavy atom. The average Bonchev–Trinajstić information content (AvgIpc) is 2.96. The van der Waals surface area contributed by atoms with Crippen molar-refractivity contribution in [3.8, 4) is 5.75 Å². The van der Waals surface area contributed by atoms with Gasteiger partial charge in [-0.25, -0.2) is 0 Å². The second-order valence-electron chi connectivity index (χ2n) is 5.45. The third-order valence-electron chi connectivity index (χ3n) is 3.58. The van der Waals surface area contributed by atoms with Crippen LogP contribution < -0.4 is 21.1 Å². The molecular formula is C15H20N4O4. The molecule has 2 rings (SSSR count). The monoisotopic (exact) mass is 320 g/mol. The third-order valence-corrected chi connectivity index (χ3v) is 3.58. The Hall–Kier alpha value is -2.61. The van der Waals surface area contributed by atoms with Crippen molar-refractivity contribution >= 4 is 17.7 Å². The second-order valence-corrected chi connectivity index (χ2v) is 5.45. The minimum atomic E-state index is -1.08. The lowest BCUT2D eigenvalue weighted by atomic mass is 10.1. The summed E-state index contributed by atoms with van der Waals surface area (Å²) in [7, 11) is 0. The summed E-state index contributed by atoms with van der Waals surface area (Å²) in [6.07, 6.45) is 0.218. The minimum absolute atomic E-state index is 0.0418. The summed E-state index contributed by atoms with van der Waals surface area (Å²) < 4.78 is 5.79. The molecule has 124 valence electrons. The van der Waals surface area contributed by atoms with Crippen molar-refractivity contribution in [2.45, 2.75) is 31.5 Å². The molecule has 6 N–H and O–H groups in total. The molecule has 3 atom stereocenters. The number of hydrogen-bond acceptors (Lipinski definition) is 5. The highest BCUT2D eigenvalue weighted by atomic mass is 16.5. The van der Waals surface area contributed by atoms with Crippen LogP contribution in [-0.2, 0) is 9.59 Å². The minimum Gasteiger partial charge on any atom is -0.489 e. The summed E-state index contributed by atoms with van der Waals surface area (Å²) in [6.45, 7) is 1.89. The number of nitrogens with one attached hydrogen (secondary N) is 3. The van der Waals surface area contributed by atoms with E-state index in [1.165, 1.54) is 6.92 Å². The van der Waals surface area contributed by atoms with E-state index in [9.17, 15) is 9.59 Å². The fourth-order valence-corrected chi connectivity index (χ4v) is 2.30. The van der Waals surface area contributed by atoms with Crippen molar-refractivity contribution in [1.29, 1.82) is 5.41 Å². The lowest BCUT2D eigenvalue weighted by Gasteiger charge is -2.15. The largest absolute Gasteiger partial charge is 0.489 e. The number of benzene rings is 1. The van der Waals surface area contributed by atoms with Gasteiger partial charge in [-0.1, -0.05) is 12.1 Å². The van der Waals surface area contributed by atoms with E-state index in [1.807, 2.05) is 0 Å². The Morgan fingerprint density at radius 3 is 2.91 bits per heavy atom. The SMILES string of the molecule is C[C@H](NC(=O)[C@@H]1C[C@@H](Oc2cccc(C(=N)N)c2)CN1)C(=O)O. The number of carboxylic acids is 1. The highest BCUT2D eigenvalue weighted by molar-refractivity contribution is 5.95. The number of amides is 1. The number of carboxylic acid groups (broad SMARTS) is 1. The van der Waals surface area contributed by atoms with Gasteiger partial charge in [0.2, 0.25) is 5.91 Å². The molecule has 0 aromatic heterocycles. The van der Waals surface area contributed by atoms with Gasteiger partial charge < -0.3 is 26.2 Å². The Bertz CT molecular complexity index is 619. The van der Waals surface area contributed by atoms with Gasteiger partial charge in [0, 0.05) is 18.5 Å². The standard InChI is InChI=1S/C15H20N4O4/c1-8(15(21)22)19-14(20)12-6-11(7-18-12)23-10-4-2-3-9(5-10)13(16)17/h2-5,8,11-12,18H,6-7H2,1H3,(H3,16,17)(H,19,20)(H,21,22)/t8-,11+,12-/m0/s1. The van der Waals surface area contributed by atoms with Crippen LogP contribution in [0.5, 0.6) is 5.75 Å².